The maximum Gasteiger partial charge on any atom is 0.137 e. The van der Waals surface area contributed by atoms with Gasteiger partial charge in [0.05, 0.1) is 4.47 Å². The van der Waals surface area contributed by atoms with Crippen molar-refractivity contribution < 1.29 is 4.39 Å². The van der Waals surface area contributed by atoms with E-state index in [0.29, 0.717) is 16.4 Å². The van der Waals surface area contributed by atoms with Crippen molar-refractivity contribution >= 4 is 15.9 Å². The minimum absolute atomic E-state index is 0.147. The summed E-state index contributed by atoms with van der Waals surface area (Å²) in [5.41, 5.74) is 1.11. The minimum atomic E-state index is -0.147. The van der Waals surface area contributed by atoms with Crippen LogP contribution in [0.5, 0.6) is 0 Å². The highest BCUT2D eigenvalue weighted by Gasteiger charge is 2.25. The molecule has 1 nitrogen and oxygen atoms in total. The fourth-order valence-corrected chi connectivity index (χ4v) is 3.47. The second kappa shape index (κ2) is 7.39. The molecule has 0 aromatic heterocycles. The third-order valence-corrected chi connectivity index (χ3v) is 4.97. The first-order chi connectivity index (χ1) is 9.22. The molecule has 2 atom stereocenters. The zero-order valence-electron chi connectivity index (χ0n) is 11.6. The van der Waals surface area contributed by atoms with Crippen LogP contribution in [0.2, 0.25) is 0 Å². The van der Waals surface area contributed by atoms with Crippen LogP contribution < -0.4 is 5.32 Å². The van der Waals surface area contributed by atoms with Crippen LogP contribution in [0.15, 0.2) is 22.7 Å². The van der Waals surface area contributed by atoms with E-state index in [4.69, 9.17) is 0 Å². The first-order valence-corrected chi connectivity index (χ1v) is 8.18. The Labute approximate surface area is 124 Å². The van der Waals surface area contributed by atoms with Gasteiger partial charge in [-0.05, 0) is 65.7 Å². The molecule has 2 unspecified atom stereocenters. The number of benzene rings is 1. The van der Waals surface area contributed by atoms with Crippen molar-refractivity contribution in [1.29, 1.82) is 0 Å². The lowest BCUT2D eigenvalue weighted by Gasteiger charge is -2.32. The number of hydrogen-bond donors (Lipinski definition) is 1. The zero-order chi connectivity index (χ0) is 13.7. The predicted molar refractivity (Wildman–Crippen MR) is 81.8 cm³/mol. The lowest BCUT2D eigenvalue weighted by molar-refractivity contribution is 0.261. The Balaban J connectivity index is 2.04. The SMILES string of the molecule is CCCNC1CCCCC1Cc1cccc(F)c1Br. The molecule has 0 amide bonds. The molecule has 1 saturated carbocycles. The van der Waals surface area contributed by atoms with Crippen molar-refractivity contribution in [3.05, 3.63) is 34.1 Å². The highest BCUT2D eigenvalue weighted by Crippen LogP contribution is 2.30. The Kier molecular flexibility index (Phi) is 5.83. The van der Waals surface area contributed by atoms with Crippen molar-refractivity contribution in [2.75, 3.05) is 6.54 Å². The summed E-state index contributed by atoms with van der Waals surface area (Å²) in [5, 5.41) is 3.67. The standard InChI is InChI=1S/C16H23BrFN/c1-2-10-19-15-9-4-3-6-12(15)11-13-7-5-8-14(18)16(13)17/h5,7-8,12,15,19H,2-4,6,9-11H2,1H3. The van der Waals surface area contributed by atoms with E-state index in [9.17, 15) is 4.39 Å². The van der Waals surface area contributed by atoms with E-state index in [-0.39, 0.29) is 5.82 Å². The molecule has 1 aromatic carbocycles. The summed E-state index contributed by atoms with van der Waals surface area (Å²) in [7, 11) is 0. The fraction of sp³-hybridized carbons (Fsp3) is 0.625. The van der Waals surface area contributed by atoms with E-state index in [0.717, 1.165) is 18.5 Å². The van der Waals surface area contributed by atoms with Crippen LogP contribution in [0, 0.1) is 11.7 Å². The molecule has 1 aromatic rings. The number of nitrogens with one attached hydrogen (secondary N) is 1. The van der Waals surface area contributed by atoms with Crippen molar-refractivity contribution in [1.82, 2.24) is 5.32 Å². The summed E-state index contributed by atoms with van der Waals surface area (Å²) >= 11 is 3.38. The molecule has 1 aliphatic rings. The summed E-state index contributed by atoms with van der Waals surface area (Å²) < 4.78 is 14.2. The highest BCUT2D eigenvalue weighted by atomic mass is 79.9. The molecule has 0 saturated heterocycles. The largest absolute Gasteiger partial charge is 0.314 e. The molecule has 0 spiro atoms. The molecule has 2 rings (SSSR count). The predicted octanol–water partition coefficient (Wildman–Crippen LogP) is 4.69. The maximum absolute atomic E-state index is 13.6. The molecule has 1 N–H and O–H groups in total. The monoisotopic (exact) mass is 327 g/mol. The van der Waals surface area contributed by atoms with Gasteiger partial charge in [-0.3, -0.25) is 0 Å². The Morgan fingerprint density at radius 1 is 1.32 bits per heavy atom. The molecule has 1 aliphatic carbocycles. The van der Waals surface area contributed by atoms with Gasteiger partial charge in [-0.1, -0.05) is 31.9 Å². The minimum Gasteiger partial charge on any atom is -0.314 e. The van der Waals surface area contributed by atoms with Gasteiger partial charge in [0.25, 0.3) is 0 Å². The Hall–Kier alpha value is -0.410. The quantitative estimate of drug-likeness (QED) is 0.827. The highest BCUT2D eigenvalue weighted by molar-refractivity contribution is 9.10. The first-order valence-electron chi connectivity index (χ1n) is 7.38. The molecule has 3 heteroatoms. The summed E-state index contributed by atoms with van der Waals surface area (Å²) in [6.45, 7) is 3.29. The van der Waals surface area contributed by atoms with Gasteiger partial charge < -0.3 is 5.32 Å². The van der Waals surface area contributed by atoms with Gasteiger partial charge in [0.2, 0.25) is 0 Å². The summed E-state index contributed by atoms with van der Waals surface area (Å²) in [6, 6.07) is 5.97. The van der Waals surface area contributed by atoms with E-state index >= 15 is 0 Å². The van der Waals surface area contributed by atoms with Gasteiger partial charge in [0.1, 0.15) is 5.82 Å². The van der Waals surface area contributed by atoms with E-state index in [1.54, 1.807) is 0 Å². The molecule has 0 aliphatic heterocycles. The van der Waals surface area contributed by atoms with Crippen LogP contribution in [0.1, 0.15) is 44.6 Å². The second-order valence-electron chi connectivity index (χ2n) is 5.52. The third-order valence-electron chi connectivity index (χ3n) is 4.08. The van der Waals surface area contributed by atoms with E-state index in [2.05, 4.69) is 28.2 Å². The van der Waals surface area contributed by atoms with E-state index < -0.39 is 0 Å². The van der Waals surface area contributed by atoms with Crippen LogP contribution in [0.25, 0.3) is 0 Å². The van der Waals surface area contributed by atoms with Gasteiger partial charge in [-0.15, -0.1) is 0 Å². The van der Waals surface area contributed by atoms with Crippen molar-refractivity contribution in [2.45, 2.75) is 51.5 Å². The molecule has 19 heavy (non-hydrogen) atoms. The average Bonchev–Trinajstić information content (AvgIpc) is 2.43. The summed E-state index contributed by atoms with van der Waals surface area (Å²) in [6.07, 6.45) is 7.29. The van der Waals surface area contributed by atoms with Gasteiger partial charge in [-0.2, -0.15) is 0 Å². The van der Waals surface area contributed by atoms with Crippen LogP contribution in [-0.4, -0.2) is 12.6 Å². The van der Waals surface area contributed by atoms with Crippen LogP contribution >= 0.6 is 15.9 Å². The first kappa shape index (κ1) is 15.0. The lowest BCUT2D eigenvalue weighted by Crippen LogP contribution is -2.39. The molecular formula is C16H23BrFN. The number of rotatable bonds is 5. The molecule has 106 valence electrons. The Morgan fingerprint density at radius 2 is 2.11 bits per heavy atom. The maximum atomic E-state index is 13.6. The number of halogens is 2. The Morgan fingerprint density at radius 3 is 2.89 bits per heavy atom. The normalized spacial score (nSPS) is 23.5. The van der Waals surface area contributed by atoms with Gasteiger partial charge in [0, 0.05) is 6.04 Å². The van der Waals surface area contributed by atoms with Crippen molar-refractivity contribution in [2.24, 2.45) is 5.92 Å². The molecule has 0 heterocycles. The average molecular weight is 328 g/mol. The summed E-state index contributed by atoms with van der Waals surface area (Å²) in [4.78, 5) is 0. The van der Waals surface area contributed by atoms with Gasteiger partial charge in [-0.25, -0.2) is 4.39 Å². The molecular weight excluding hydrogens is 305 g/mol. The van der Waals surface area contributed by atoms with Gasteiger partial charge >= 0.3 is 0 Å². The van der Waals surface area contributed by atoms with Crippen molar-refractivity contribution in [3.8, 4) is 0 Å². The lowest BCUT2D eigenvalue weighted by atomic mass is 9.80. The zero-order valence-corrected chi connectivity index (χ0v) is 13.2. The summed E-state index contributed by atoms with van der Waals surface area (Å²) in [5.74, 6) is 0.491. The molecule has 0 bridgehead atoms. The van der Waals surface area contributed by atoms with E-state index in [1.807, 2.05) is 12.1 Å². The van der Waals surface area contributed by atoms with Crippen LogP contribution in [0.3, 0.4) is 0 Å². The van der Waals surface area contributed by atoms with Gasteiger partial charge in [0.15, 0.2) is 0 Å². The fourth-order valence-electron chi connectivity index (χ4n) is 3.04. The van der Waals surface area contributed by atoms with Crippen molar-refractivity contribution in [3.63, 3.8) is 0 Å². The molecule has 1 fully saturated rings. The number of hydrogen-bond acceptors (Lipinski definition) is 1. The molecule has 0 radical (unpaired) electrons. The van der Waals surface area contributed by atoms with Crippen LogP contribution in [0.4, 0.5) is 4.39 Å². The smallest absolute Gasteiger partial charge is 0.137 e. The van der Waals surface area contributed by atoms with Crippen LogP contribution in [-0.2, 0) is 6.42 Å². The van der Waals surface area contributed by atoms with E-state index in [1.165, 1.54) is 38.2 Å². The Bertz CT molecular complexity index is 408. The third kappa shape index (κ3) is 4.03. The topological polar surface area (TPSA) is 12.0 Å². The second-order valence-corrected chi connectivity index (χ2v) is 6.32.